The molecule has 0 aliphatic rings. The number of nitrogens with one attached hydrogen (secondary N) is 1. The van der Waals surface area contributed by atoms with Crippen molar-refractivity contribution < 1.29 is 22.7 Å². The Morgan fingerprint density at radius 3 is 2.39 bits per heavy atom. The quantitative estimate of drug-likeness (QED) is 0.423. The lowest BCUT2D eigenvalue weighted by Crippen LogP contribution is -2.34. The molecule has 3 aromatic rings. The molecular weight excluding hydrogens is 487 g/mol. The highest BCUT2D eigenvalue weighted by molar-refractivity contribution is 7.90. The summed E-state index contributed by atoms with van der Waals surface area (Å²) in [4.78, 5) is 12.3. The van der Waals surface area contributed by atoms with Crippen LogP contribution in [0.15, 0.2) is 66.7 Å². The van der Waals surface area contributed by atoms with Gasteiger partial charge in [0, 0.05) is 6.54 Å². The molecule has 3 N–H and O–H groups in total. The summed E-state index contributed by atoms with van der Waals surface area (Å²) in [6.45, 7) is 1.70. The largest absolute Gasteiger partial charge is 0.484 e. The van der Waals surface area contributed by atoms with Gasteiger partial charge in [-0.3, -0.25) is 4.79 Å². The molecule has 0 unspecified atom stereocenters. The number of hydrogen-bond acceptors (Lipinski definition) is 6. The van der Waals surface area contributed by atoms with E-state index in [1.165, 1.54) is 12.1 Å². The van der Waals surface area contributed by atoms with Crippen molar-refractivity contribution in [3.63, 3.8) is 0 Å². The van der Waals surface area contributed by atoms with Gasteiger partial charge < -0.3 is 15.2 Å². The second-order valence-corrected chi connectivity index (χ2v) is 9.62. The number of carbonyl (C=O) groups excluding carboxylic acids is 1. The average Bonchev–Trinajstić information content (AvgIpc) is 2.77. The molecule has 7 nitrogen and oxygen atoms in total. The van der Waals surface area contributed by atoms with Gasteiger partial charge in [0.05, 0.1) is 16.3 Å². The van der Waals surface area contributed by atoms with Crippen molar-refractivity contribution in [3.8, 4) is 17.2 Å². The van der Waals surface area contributed by atoms with Crippen LogP contribution in [0.25, 0.3) is 0 Å². The molecule has 33 heavy (non-hydrogen) atoms. The van der Waals surface area contributed by atoms with E-state index in [2.05, 4.69) is 0 Å². The summed E-state index contributed by atoms with van der Waals surface area (Å²) in [5.74, 6) is 0.297. The average molecular weight is 509 g/mol. The van der Waals surface area contributed by atoms with Crippen LogP contribution in [-0.2, 0) is 10.0 Å². The third-order valence-electron chi connectivity index (χ3n) is 4.54. The van der Waals surface area contributed by atoms with E-state index in [1.807, 2.05) is 66.2 Å². The van der Waals surface area contributed by atoms with Crippen LogP contribution in [0.2, 0.25) is 10.0 Å². The van der Waals surface area contributed by atoms with E-state index >= 15 is 0 Å². The Morgan fingerprint density at radius 2 is 1.70 bits per heavy atom. The number of para-hydroxylation sites is 1. The van der Waals surface area contributed by atoms with E-state index in [-0.39, 0.29) is 27.9 Å². The summed E-state index contributed by atoms with van der Waals surface area (Å²) in [5.41, 5.74) is 5.97. The smallest absolute Gasteiger partial charge is 0.266 e. The van der Waals surface area contributed by atoms with Crippen molar-refractivity contribution in [2.45, 2.75) is 13.0 Å². The van der Waals surface area contributed by atoms with Crippen LogP contribution in [0.5, 0.6) is 17.2 Å². The first-order valence-electron chi connectivity index (χ1n) is 9.92. The second kappa shape index (κ2) is 10.9. The number of ether oxygens (including phenoxy) is 2. The molecule has 0 fully saturated rings. The van der Waals surface area contributed by atoms with E-state index in [4.69, 9.17) is 38.4 Å². The molecule has 0 saturated carbocycles. The first-order valence-corrected chi connectivity index (χ1v) is 12.3. The predicted octanol–water partition coefficient (Wildman–Crippen LogP) is 4.94. The zero-order valence-electron chi connectivity index (χ0n) is 17.6. The summed E-state index contributed by atoms with van der Waals surface area (Å²) in [7, 11) is -3.87. The van der Waals surface area contributed by atoms with Crippen LogP contribution in [0.1, 0.15) is 28.9 Å². The van der Waals surface area contributed by atoms with Crippen LogP contribution in [-0.4, -0.2) is 26.6 Å². The standard InChI is InChI=1S/C23H22Cl2N2O5S/c1-15(16-6-5-9-18(14-16)32-17-7-3-2-4-8-17)31-20-11-10-19(21(24)22(20)25)23(28)27-33(29,30)13-12-26/h2-11,14-15H,12-13,26H2,1H3,(H,27,28)/t15-/m1/s1. The molecule has 0 aliphatic carbocycles. The SMILES string of the molecule is C[C@@H](Oc1ccc(C(=O)NS(=O)(=O)CCN)c(Cl)c1Cl)c1cccc(Oc2ccccc2)c1. The lowest BCUT2D eigenvalue weighted by atomic mass is 10.1. The molecule has 174 valence electrons. The molecule has 3 aromatic carbocycles. The van der Waals surface area contributed by atoms with E-state index < -0.39 is 27.8 Å². The Hall–Kier alpha value is -2.78. The summed E-state index contributed by atoms with van der Waals surface area (Å²) < 4.78 is 37.3. The third-order valence-corrected chi connectivity index (χ3v) is 6.67. The Balaban J connectivity index is 1.75. The van der Waals surface area contributed by atoms with Crippen LogP contribution in [0, 0.1) is 0 Å². The maximum atomic E-state index is 12.3. The topological polar surface area (TPSA) is 108 Å². The summed E-state index contributed by atoms with van der Waals surface area (Å²) in [6, 6.07) is 19.6. The van der Waals surface area contributed by atoms with Crippen LogP contribution in [0.3, 0.4) is 0 Å². The number of rotatable bonds is 9. The van der Waals surface area contributed by atoms with Crippen LogP contribution in [0.4, 0.5) is 0 Å². The minimum Gasteiger partial charge on any atom is -0.484 e. The highest BCUT2D eigenvalue weighted by Crippen LogP contribution is 2.37. The van der Waals surface area contributed by atoms with E-state index in [0.717, 1.165) is 5.56 Å². The third kappa shape index (κ3) is 6.61. The lowest BCUT2D eigenvalue weighted by Gasteiger charge is -2.18. The maximum absolute atomic E-state index is 12.3. The van der Waals surface area contributed by atoms with Gasteiger partial charge in [0.2, 0.25) is 10.0 Å². The van der Waals surface area contributed by atoms with Gasteiger partial charge in [-0.15, -0.1) is 0 Å². The van der Waals surface area contributed by atoms with Gasteiger partial charge in [-0.25, -0.2) is 13.1 Å². The van der Waals surface area contributed by atoms with Crippen molar-refractivity contribution in [3.05, 3.63) is 87.9 Å². The molecule has 1 amide bonds. The molecule has 0 aromatic heterocycles. The van der Waals surface area contributed by atoms with Gasteiger partial charge in [0.25, 0.3) is 5.91 Å². The summed E-state index contributed by atoms with van der Waals surface area (Å²) in [5, 5.41) is -0.132. The fraction of sp³-hybridized carbons (Fsp3) is 0.174. The van der Waals surface area contributed by atoms with Crippen molar-refractivity contribution in [2.75, 3.05) is 12.3 Å². The molecule has 0 heterocycles. The first-order chi connectivity index (χ1) is 15.7. The number of halogens is 2. The van der Waals surface area contributed by atoms with Crippen LogP contribution >= 0.6 is 23.2 Å². The normalized spacial score (nSPS) is 12.1. The Morgan fingerprint density at radius 1 is 1.00 bits per heavy atom. The van der Waals surface area contributed by atoms with Gasteiger partial charge in [-0.2, -0.15) is 0 Å². The Kier molecular flexibility index (Phi) is 8.20. The second-order valence-electron chi connectivity index (χ2n) is 7.03. The molecule has 0 bridgehead atoms. The fourth-order valence-electron chi connectivity index (χ4n) is 2.91. The molecule has 0 aliphatic heterocycles. The minimum atomic E-state index is -3.87. The fourth-order valence-corrected chi connectivity index (χ4v) is 4.17. The van der Waals surface area contributed by atoms with Gasteiger partial charge >= 0.3 is 0 Å². The molecular formula is C23H22Cl2N2O5S. The van der Waals surface area contributed by atoms with E-state index in [9.17, 15) is 13.2 Å². The van der Waals surface area contributed by atoms with Gasteiger partial charge in [0.1, 0.15) is 28.4 Å². The zero-order chi connectivity index (χ0) is 24.0. The number of nitrogens with two attached hydrogens (primary N) is 1. The van der Waals surface area contributed by atoms with Crippen molar-refractivity contribution >= 4 is 39.1 Å². The number of sulfonamides is 1. The monoisotopic (exact) mass is 508 g/mol. The maximum Gasteiger partial charge on any atom is 0.266 e. The zero-order valence-corrected chi connectivity index (χ0v) is 20.0. The number of amides is 1. The molecule has 0 spiro atoms. The Labute approximate surface area is 202 Å². The van der Waals surface area contributed by atoms with Crippen LogP contribution < -0.4 is 19.9 Å². The molecule has 10 heteroatoms. The summed E-state index contributed by atoms with van der Waals surface area (Å²) >= 11 is 12.5. The molecule has 0 saturated heterocycles. The molecule has 1 atom stereocenters. The van der Waals surface area contributed by atoms with Gasteiger partial charge in [-0.05, 0) is 48.9 Å². The highest BCUT2D eigenvalue weighted by Gasteiger charge is 2.22. The highest BCUT2D eigenvalue weighted by atomic mass is 35.5. The van der Waals surface area contributed by atoms with Crippen molar-refractivity contribution in [1.82, 2.24) is 4.72 Å². The van der Waals surface area contributed by atoms with Crippen molar-refractivity contribution in [1.29, 1.82) is 0 Å². The summed E-state index contributed by atoms with van der Waals surface area (Å²) in [6.07, 6.45) is -0.428. The van der Waals surface area contributed by atoms with E-state index in [0.29, 0.717) is 11.5 Å². The first kappa shape index (κ1) is 24.9. The van der Waals surface area contributed by atoms with Gasteiger partial charge in [-0.1, -0.05) is 53.5 Å². The van der Waals surface area contributed by atoms with Gasteiger partial charge in [0.15, 0.2) is 0 Å². The van der Waals surface area contributed by atoms with E-state index in [1.54, 1.807) is 0 Å². The molecule has 3 rings (SSSR count). The number of carbonyl (C=O) groups is 1. The lowest BCUT2D eigenvalue weighted by molar-refractivity contribution is 0.0981. The minimum absolute atomic E-state index is 0.0101. The number of hydrogen-bond donors (Lipinski definition) is 2. The molecule has 0 radical (unpaired) electrons. The number of benzene rings is 3. The van der Waals surface area contributed by atoms with Crippen molar-refractivity contribution in [2.24, 2.45) is 5.73 Å². The predicted molar refractivity (Wildman–Crippen MR) is 129 cm³/mol. The Bertz CT molecular complexity index is 1240.